The molecule has 0 aromatic carbocycles. The monoisotopic (exact) mass is 167 g/mol. The van der Waals surface area contributed by atoms with E-state index in [0.29, 0.717) is 7.05 Å². The SMILES string of the molecule is CN(P(F)F)P(F)F. The lowest BCUT2D eigenvalue weighted by Crippen LogP contribution is -1.93. The summed E-state index contributed by atoms with van der Waals surface area (Å²) >= 11 is 0. The van der Waals surface area contributed by atoms with Gasteiger partial charge >= 0.3 is 17.4 Å². The Hall–Kier alpha value is 0.540. The van der Waals surface area contributed by atoms with Crippen molar-refractivity contribution in [2.24, 2.45) is 0 Å². The highest BCUT2D eigenvalue weighted by atomic mass is 31.3. The van der Waals surface area contributed by atoms with Gasteiger partial charge in [0.25, 0.3) is 0 Å². The molecule has 7 heteroatoms. The smallest absolute Gasteiger partial charge is 0.169 e. The summed E-state index contributed by atoms with van der Waals surface area (Å²) in [6, 6.07) is 0. The van der Waals surface area contributed by atoms with E-state index < -0.39 is 17.4 Å². The zero-order valence-corrected chi connectivity index (χ0v) is 5.64. The first-order valence-electron chi connectivity index (χ1n) is 1.52. The van der Waals surface area contributed by atoms with E-state index >= 15 is 0 Å². The Labute approximate surface area is 46.8 Å². The third kappa shape index (κ3) is 2.75. The molecule has 0 aromatic heterocycles. The molecule has 1 nitrogen and oxygen atoms in total. The fraction of sp³-hybridized carbons (Fsp3) is 1.00. The van der Waals surface area contributed by atoms with Crippen LogP contribution in [0.5, 0.6) is 0 Å². The van der Waals surface area contributed by atoms with Crippen LogP contribution >= 0.6 is 17.4 Å². The molecule has 0 aromatic rings. The van der Waals surface area contributed by atoms with Crippen LogP contribution in [-0.4, -0.2) is 11.5 Å². The maximum Gasteiger partial charge on any atom is 0.352 e. The molecule has 0 atom stereocenters. The van der Waals surface area contributed by atoms with Crippen molar-refractivity contribution < 1.29 is 16.8 Å². The van der Waals surface area contributed by atoms with Gasteiger partial charge in [0.1, 0.15) is 0 Å². The minimum atomic E-state index is -3.59. The van der Waals surface area contributed by atoms with Crippen LogP contribution in [0.3, 0.4) is 0 Å². The molecule has 8 heavy (non-hydrogen) atoms. The van der Waals surface area contributed by atoms with Gasteiger partial charge in [-0.1, -0.05) is 0 Å². The van der Waals surface area contributed by atoms with Crippen molar-refractivity contribution in [1.82, 2.24) is 4.44 Å². The van der Waals surface area contributed by atoms with E-state index in [0.717, 1.165) is 0 Å². The van der Waals surface area contributed by atoms with Gasteiger partial charge in [0, 0.05) is 7.05 Å². The maximum absolute atomic E-state index is 11.2. The predicted octanol–water partition coefficient (Wildman–Crippen LogP) is 3.25. The minimum absolute atomic E-state index is 0.204. The molecule has 0 rings (SSSR count). The van der Waals surface area contributed by atoms with Gasteiger partial charge in [-0.05, 0) is 0 Å². The van der Waals surface area contributed by atoms with E-state index in [1.54, 1.807) is 0 Å². The van der Waals surface area contributed by atoms with E-state index in [-0.39, 0.29) is 4.44 Å². The normalized spacial score (nSPS) is 12.0. The molecule has 0 spiro atoms. The van der Waals surface area contributed by atoms with Crippen LogP contribution < -0.4 is 0 Å². The first-order chi connectivity index (χ1) is 3.55. The number of hydrogen-bond acceptors (Lipinski definition) is 1. The largest absolute Gasteiger partial charge is 0.352 e. The second-order valence-corrected chi connectivity index (χ2v) is 3.30. The van der Waals surface area contributed by atoms with E-state index in [9.17, 15) is 16.8 Å². The number of nitrogens with zero attached hydrogens (tertiary/aromatic N) is 1. The summed E-state index contributed by atoms with van der Waals surface area (Å²) < 4.78 is 44.6. The Balaban J connectivity index is 3.46. The summed E-state index contributed by atoms with van der Waals surface area (Å²) in [7, 11) is -6.47. The van der Waals surface area contributed by atoms with Crippen molar-refractivity contribution in [2.75, 3.05) is 7.05 Å². The third-order valence-electron chi connectivity index (χ3n) is 0.438. The average molecular weight is 167 g/mol. The highest BCUT2D eigenvalue weighted by molar-refractivity contribution is 7.59. The molecular weight excluding hydrogens is 164 g/mol. The van der Waals surface area contributed by atoms with Crippen LogP contribution in [0.25, 0.3) is 0 Å². The molecule has 0 N–H and O–H groups in total. The van der Waals surface area contributed by atoms with Gasteiger partial charge in [0.05, 0.1) is 0 Å². The lowest BCUT2D eigenvalue weighted by molar-refractivity contribution is 0.586. The summed E-state index contributed by atoms with van der Waals surface area (Å²) in [4.78, 5) is 0. The summed E-state index contributed by atoms with van der Waals surface area (Å²) in [5, 5.41) is 0. The Bertz CT molecular complexity index is 59.1. The fourth-order valence-corrected chi connectivity index (χ4v) is 0.460. The maximum atomic E-state index is 11.2. The number of hydrogen-bond donors (Lipinski definition) is 0. The Morgan fingerprint density at radius 2 is 1.25 bits per heavy atom. The van der Waals surface area contributed by atoms with E-state index in [1.165, 1.54) is 0 Å². The summed E-state index contributed by atoms with van der Waals surface area (Å²) in [5.74, 6) is 0. The number of rotatable bonds is 2. The first kappa shape index (κ1) is 8.54. The van der Waals surface area contributed by atoms with Crippen molar-refractivity contribution in [3.8, 4) is 0 Å². The minimum Gasteiger partial charge on any atom is -0.169 e. The van der Waals surface area contributed by atoms with Crippen molar-refractivity contribution in [3.63, 3.8) is 0 Å². The highest BCUT2D eigenvalue weighted by Gasteiger charge is 2.23. The summed E-state index contributed by atoms with van der Waals surface area (Å²) in [5.41, 5.74) is 0. The van der Waals surface area contributed by atoms with Crippen molar-refractivity contribution in [1.29, 1.82) is 0 Å². The molecule has 0 bridgehead atoms. The Kier molecular flexibility index (Phi) is 3.78. The molecule has 0 amide bonds. The molecule has 0 aliphatic heterocycles. The van der Waals surface area contributed by atoms with E-state index in [2.05, 4.69) is 0 Å². The van der Waals surface area contributed by atoms with Crippen LogP contribution in [0.4, 0.5) is 16.8 Å². The Morgan fingerprint density at radius 3 is 1.25 bits per heavy atom. The van der Waals surface area contributed by atoms with Gasteiger partial charge < -0.3 is 0 Å². The fourth-order valence-electron chi connectivity index (χ4n) is 0.0511. The van der Waals surface area contributed by atoms with E-state index in [1.807, 2.05) is 0 Å². The first-order valence-corrected chi connectivity index (χ1v) is 3.68. The van der Waals surface area contributed by atoms with Gasteiger partial charge in [0.15, 0.2) is 0 Å². The second kappa shape index (κ2) is 3.54. The molecule has 0 aliphatic carbocycles. The van der Waals surface area contributed by atoms with E-state index in [4.69, 9.17) is 0 Å². The van der Waals surface area contributed by atoms with Crippen LogP contribution in [0.1, 0.15) is 0 Å². The zero-order valence-electron chi connectivity index (χ0n) is 3.85. The lowest BCUT2D eigenvalue weighted by atomic mass is 11.6. The van der Waals surface area contributed by atoms with Gasteiger partial charge in [-0.3, -0.25) is 0 Å². The lowest BCUT2D eigenvalue weighted by Gasteiger charge is -2.08. The van der Waals surface area contributed by atoms with Gasteiger partial charge in [0.2, 0.25) is 0 Å². The van der Waals surface area contributed by atoms with Gasteiger partial charge in [-0.25, -0.2) is 0 Å². The third-order valence-corrected chi connectivity index (χ3v) is 2.12. The molecular formula is CH3F4NP2. The van der Waals surface area contributed by atoms with Gasteiger partial charge in [-0.15, -0.1) is 0 Å². The molecule has 0 unspecified atom stereocenters. The molecule has 0 aliphatic rings. The predicted molar refractivity (Wildman–Crippen MR) is 26.0 cm³/mol. The molecule has 0 fully saturated rings. The second-order valence-electron chi connectivity index (χ2n) is 0.920. The topological polar surface area (TPSA) is 3.24 Å². The molecule has 0 heterocycles. The molecule has 50 valence electrons. The molecule has 0 saturated carbocycles. The van der Waals surface area contributed by atoms with Crippen LogP contribution in [-0.2, 0) is 0 Å². The summed E-state index contributed by atoms with van der Waals surface area (Å²) in [6.45, 7) is 0. The Morgan fingerprint density at radius 1 is 1.00 bits per heavy atom. The van der Waals surface area contributed by atoms with Crippen molar-refractivity contribution in [3.05, 3.63) is 0 Å². The van der Waals surface area contributed by atoms with Gasteiger partial charge in [-0.2, -0.15) is 21.2 Å². The van der Waals surface area contributed by atoms with Crippen molar-refractivity contribution in [2.45, 2.75) is 0 Å². The highest BCUT2D eigenvalue weighted by Crippen LogP contribution is 2.58. The van der Waals surface area contributed by atoms with Crippen molar-refractivity contribution >= 4 is 17.4 Å². The van der Waals surface area contributed by atoms with Crippen LogP contribution in [0, 0.1) is 0 Å². The molecule has 0 radical (unpaired) electrons. The standard InChI is InChI=1S/CH3F4NP2/c1-6(7(2)3)8(4)5/h1H3. The molecule has 0 saturated heterocycles. The quantitative estimate of drug-likeness (QED) is 0.450. The van der Waals surface area contributed by atoms with Crippen LogP contribution in [0.2, 0.25) is 0 Å². The number of halogens is 4. The van der Waals surface area contributed by atoms with Crippen LogP contribution in [0.15, 0.2) is 0 Å². The average Bonchev–Trinajstić information content (AvgIpc) is 1.64. The summed E-state index contributed by atoms with van der Waals surface area (Å²) in [6.07, 6.45) is 0. The zero-order chi connectivity index (χ0) is 6.73.